The SMILES string of the molecule is C=Cc1ccc2c(c1)N1CCC[C@H](NC(=O)C(F)(F)F)[C@H]1c1ccccc1O2. The van der Waals surface area contributed by atoms with Gasteiger partial charge in [-0.05, 0) is 36.6 Å². The van der Waals surface area contributed by atoms with E-state index in [0.717, 1.165) is 16.8 Å². The highest BCUT2D eigenvalue weighted by atomic mass is 19.4. The first-order valence-electron chi connectivity index (χ1n) is 9.06. The molecule has 7 heteroatoms. The van der Waals surface area contributed by atoms with Gasteiger partial charge in [0.15, 0.2) is 5.75 Å². The summed E-state index contributed by atoms with van der Waals surface area (Å²) >= 11 is 0. The lowest BCUT2D eigenvalue weighted by Gasteiger charge is -2.42. The molecule has 28 heavy (non-hydrogen) atoms. The number of benzene rings is 2. The van der Waals surface area contributed by atoms with E-state index < -0.39 is 24.2 Å². The Morgan fingerprint density at radius 1 is 1.21 bits per heavy atom. The van der Waals surface area contributed by atoms with Crippen LogP contribution in [0, 0.1) is 0 Å². The van der Waals surface area contributed by atoms with Crippen molar-refractivity contribution in [3.05, 3.63) is 60.2 Å². The van der Waals surface area contributed by atoms with E-state index in [4.69, 9.17) is 4.74 Å². The summed E-state index contributed by atoms with van der Waals surface area (Å²) in [6.07, 6.45) is -2.11. The van der Waals surface area contributed by atoms with Crippen molar-refractivity contribution in [1.29, 1.82) is 0 Å². The number of rotatable bonds is 2. The molecule has 0 aromatic heterocycles. The van der Waals surface area contributed by atoms with Crippen LogP contribution in [0.5, 0.6) is 11.5 Å². The van der Waals surface area contributed by atoms with Crippen molar-refractivity contribution in [3.8, 4) is 11.5 Å². The number of para-hydroxylation sites is 1. The molecule has 1 N–H and O–H groups in total. The Hall–Kier alpha value is -2.96. The molecule has 2 aliphatic rings. The molecule has 0 aliphatic carbocycles. The molecule has 2 heterocycles. The molecule has 1 saturated heterocycles. The first kappa shape index (κ1) is 18.4. The normalized spacial score (nSPS) is 20.8. The zero-order valence-corrected chi connectivity index (χ0v) is 15.0. The molecule has 0 bridgehead atoms. The number of alkyl halides is 3. The number of hydrogen-bond donors (Lipinski definition) is 1. The molecule has 0 spiro atoms. The van der Waals surface area contributed by atoms with Gasteiger partial charge >= 0.3 is 12.1 Å². The summed E-state index contributed by atoms with van der Waals surface area (Å²) in [5.41, 5.74) is 2.42. The number of nitrogens with one attached hydrogen (secondary N) is 1. The van der Waals surface area contributed by atoms with Crippen LogP contribution >= 0.6 is 0 Å². The van der Waals surface area contributed by atoms with Gasteiger partial charge in [0, 0.05) is 12.1 Å². The summed E-state index contributed by atoms with van der Waals surface area (Å²) in [6, 6.07) is 11.7. The van der Waals surface area contributed by atoms with Crippen LogP contribution in [0.15, 0.2) is 49.0 Å². The average Bonchev–Trinajstić information content (AvgIpc) is 2.82. The highest BCUT2D eigenvalue weighted by Crippen LogP contribution is 2.47. The molecule has 2 aromatic carbocycles. The van der Waals surface area contributed by atoms with Crippen molar-refractivity contribution in [2.45, 2.75) is 31.1 Å². The lowest BCUT2D eigenvalue weighted by Crippen LogP contribution is -2.52. The van der Waals surface area contributed by atoms with E-state index in [1.54, 1.807) is 12.1 Å². The minimum Gasteiger partial charge on any atom is -0.455 e. The summed E-state index contributed by atoms with van der Waals surface area (Å²) in [6.45, 7) is 4.43. The third kappa shape index (κ3) is 3.21. The van der Waals surface area contributed by atoms with Gasteiger partial charge in [-0.3, -0.25) is 4.79 Å². The van der Waals surface area contributed by atoms with Gasteiger partial charge < -0.3 is 15.0 Å². The highest BCUT2D eigenvalue weighted by Gasteiger charge is 2.44. The van der Waals surface area contributed by atoms with Gasteiger partial charge in [-0.25, -0.2) is 0 Å². The van der Waals surface area contributed by atoms with Gasteiger partial charge in [-0.2, -0.15) is 13.2 Å². The molecule has 146 valence electrons. The maximum absolute atomic E-state index is 12.9. The third-order valence-corrected chi connectivity index (χ3v) is 5.19. The number of fused-ring (bicyclic) bond motifs is 5. The van der Waals surface area contributed by atoms with E-state index in [-0.39, 0.29) is 0 Å². The Morgan fingerprint density at radius 2 is 2.00 bits per heavy atom. The molecule has 1 amide bonds. The second-order valence-electron chi connectivity index (χ2n) is 6.93. The quantitative estimate of drug-likeness (QED) is 0.802. The molecule has 4 nitrogen and oxygen atoms in total. The van der Waals surface area contributed by atoms with Gasteiger partial charge in [0.1, 0.15) is 5.75 Å². The molecule has 0 radical (unpaired) electrons. The van der Waals surface area contributed by atoms with Gasteiger partial charge in [0.25, 0.3) is 0 Å². The predicted molar refractivity (Wildman–Crippen MR) is 100 cm³/mol. The topological polar surface area (TPSA) is 41.6 Å². The van der Waals surface area contributed by atoms with Crippen LogP contribution in [0.1, 0.15) is 30.0 Å². The molecule has 0 unspecified atom stereocenters. The summed E-state index contributed by atoms with van der Waals surface area (Å²) in [7, 11) is 0. The molecule has 1 fully saturated rings. The van der Waals surface area contributed by atoms with E-state index in [9.17, 15) is 18.0 Å². The molecule has 2 atom stereocenters. The van der Waals surface area contributed by atoms with Crippen LogP contribution in [0.25, 0.3) is 6.08 Å². The first-order chi connectivity index (χ1) is 13.4. The number of nitrogens with zero attached hydrogens (tertiary/aromatic N) is 1. The number of carbonyl (C=O) groups is 1. The zero-order chi connectivity index (χ0) is 19.9. The van der Waals surface area contributed by atoms with Crippen molar-refractivity contribution in [1.82, 2.24) is 5.32 Å². The fraction of sp³-hybridized carbons (Fsp3) is 0.286. The number of amides is 1. The second-order valence-corrected chi connectivity index (χ2v) is 6.93. The number of anilines is 1. The number of carbonyl (C=O) groups excluding carboxylic acids is 1. The van der Waals surface area contributed by atoms with Gasteiger partial charge in [0.2, 0.25) is 0 Å². The van der Waals surface area contributed by atoms with Gasteiger partial charge in [0.05, 0.1) is 17.8 Å². The highest BCUT2D eigenvalue weighted by molar-refractivity contribution is 5.82. The molecule has 2 aliphatic heterocycles. The average molecular weight is 388 g/mol. The van der Waals surface area contributed by atoms with Crippen molar-refractivity contribution < 1.29 is 22.7 Å². The summed E-state index contributed by atoms with van der Waals surface area (Å²) in [4.78, 5) is 13.7. The van der Waals surface area contributed by atoms with E-state index in [1.165, 1.54) is 0 Å². The Morgan fingerprint density at radius 3 is 2.75 bits per heavy atom. The monoisotopic (exact) mass is 388 g/mol. The first-order valence-corrected chi connectivity index (χ1v) is 9.06. The third-order valence-electron chi connectivity index (χ3n) is 5.19. The number of ether oxygens (including phenoxy) is 1. The van der Waals surface area contributed by atoms with E-state index in [0.29, 0.717) is 30.9 Å². The van der Waals surface area contributed by atoms with Gasteiger partial charge in [-0.15, -0.1) is 0 Å². The number of piperidine rings is 1. The smallest absolute Gasteiger partial charge is 0.455 e. The number of halogens is 3. The van der Waals surface area contributed by atoms with E-state index in [1.807, 2.05) is 41.3 Å². The predicted octanol–water partition coefficient (Wildman–Crippen LogP) is 4.82. The Labute approximate surface area is 160 Å². The maximum Gasteiger partial charge on any atom is 0.471 e. The molecular weight excluding hydrogens is 369 g/mol. The summed E-state index contributed by atoms with van der Waals surface area (Å²) < 4.78 is 44.7. The van der Waals surface area contributed by atoms with Crippen molar-refractivity contribution >= 4 is 17.7 Å². The maximum atomic E-state index is 12.9. The largest absolute Gasteiger partial charge is 0.471 e. The van der Waals surface area contributed by atoms with Crippen molar-refractivity contribution in [2.24, 2.45) is 0 Å². The summed E-state index contributed by atoms with van der Waals surface area (Å²) in [5.74, 6) is -0.707. The molecular formula is C21H19F3N2O2. The molecule has 2 aromatic rings. The van der Waals surface area contributed by atoms with Crippen molar-refractivity contribution in [3.63, 3.8) is 0 Å². The minimum absolute atomic E-state index is 0.452. The summed E-state index contributed by atoms with van der Waals surface area (Å²) in [5, 5.41) is 2.20. The van der Waals surface area contributed by atoms with Crippen LogP contribution in [0.2, 0.25) is 0 Å². The molecule has 4 rings (SSSR count). The second kappa shape index (κ2) is 6.89. The number of hydrogen-bond acceptors (Lipinski definition) is 3. The van der Waals surface area contributed by atoms with Crippen LogP contribution in [-0.2, 0) is 4.79 Å². The minimum atomic E-state index is -4.92. The van der Waals surface area contributed by atoms with E-state index >= 15 is 0 Å². The fourth-order valence-corrected chi connectivity index (χ4v) is 3.96. The van der Waals surface area contributed by atoms with E-state index in [2.05, 4.69) is 11.9 Å². The lowest BCUT2D eigenvalue weighted by atomic mass is 9.89. The van der Waals surface area contributed by atoms with Crippen LogP contribution in [0.3, 0.4) is 0 Å². The lowest BCUT2D eigenvalue weighted by molar-refractivity contribution is -0.174. The Kier molecular flexibility index (Phi) is 4.53. The fourth-order valence-electron chi connectivity index (χ4n) is 3.96. The van der Waals surface area contributed by atoms with Crippen LogP contribution in [0.4, 0.5) is 18.9 Å². The molecule has 0 saturated carbocycles. The van der Waals surface area contributed by atoms with Crippen molar-refractivity contribution in [2.75, 3.05) is 11.4 Å². The Bertz CT molecular complexity index is 926. The standard InChI is InChI=1S/C21H19F3N2O2/c1-2-13-9-10-18-16(12-13)26-11-5-7-15(25-20(27)21(22,23)24)19(26)14-6-3-4-8-17(14)28-18/h2-4,6,8-10,12,15,19H,1,5,7,11H2,(H,25,27)/t15-,19+/m0/s1. The zero-order valence-electron chi connectivity index (χ0n) is 15.0. The Balaban J connectivity index is 1.82. The van der Waals surface area contributed by atoms with Gasteiger partial charge in [-0.1, -0.05) is 36.9 Å². The van der Waals surface area contributed by atoms with Crippen LogP contribution < -0.4 is 15.0 Å². The van der Waals surface area contributed by atoms with Crippen LogP contribution in [-0.4, -0.2) is 24.7 Å².